The van der Waals surface area contributed by atoms with Crippen LogP contribution in [0.15, 0.2) is 60.7 Å². The molecule has 0 aliphatic carbocycles. The highest BCUT2D eigenvalue weighted by Gasteiger charge is 2.11. The largest absolute Gasteiger partial charge is 0.382 e. The van der Waals surface area contributed by atoms with Gasteiger partial charge in [-0.3, -0.25) is 0 Å². The third-order valence-electron chi connectivity index (χ3n) is 3.89. The van der Waals surface area contributed by atoms with Gasteiger partial charge in [0.1, 0.15) is 17.2 Å². The summed E-state index contributed by atoms with van der Waals surface area (Å²) < 4.78 is 0. The summed E-state index contributed by atoms with van der Waals surface area (Å²) in [6, 6.07) is 20.3. The van der Waals surface area contributed by atoms with Gasteiger partial charge in [-0.1, -0.05) is 60.7 Å². The molecular formula is C19H17N5. The van der Waals surface area contributed by atoms with E-state index in [1.165, 1.54) is 5.56 Å². The first-order valence-corrected chi connectivity index (χ1v) is 7.87. The molecule has 0 atom stereocenters. The predicted octanol–water partition coefficient (Wildman–Crippen LogP) is 3.12. The fourth-order valence-electron chi connectivity index (χ4n) is 2.74. The van der Waals surface area contributed by atoms with Gasteiger partial charge in [-0.25, -0.2) is 15.0 Å². The number of hydrogen-bond donors (Lipinski definition) is 2. The van der Waals surface area contributed by atoms with Crippen LogP contribution in [0.25, 0.3) is 11.2 Å². The number of nitrogen functional groups attached to an aromatic ring is 1. The molecule has 2 aromatic heterocycles. The van der Waals surface area contributed by atoms with Crippen molar-refractivity contribution in [2.75, 3.05) is 5.73 Å². The van der Waals surface area contributed by atoms with Gasteiger partial charge in [0.2, 0.25) is 0 Å². The number of H-pyrrole nitrogens is 1. The number of benzene rings is 2. The Bertz CT molecular complexity index is 961. The summed E-state index contributed by atoms with van der Waals surface area (Å²) in [6.07, 6.45) is 1.35. The van der Waals surface area contributed by atoms with Crippen LogP contribution in [0.4, 0.5) is 5.82 Å². The van der Waals surface area contributed by atoms with E-state index < -0.39 is 0 Å². The lowest BCUT2D eigenvalue weighted by Gasteiger charge is -2.02. The van der Waals surface area contributed by atoms with Crippen molar-refractivity contribution < 1.29 is 0 Å². The van der Waals surface area contributed by atoms with Crippen molar-refractivity contribution in [2.24, 2.45) is 0 Å². The fraction of sp³-hybridized carbons (Fsp3) is 0.105. The summed E-state index contributed by atoms with van der Waals surface area (Å²) in [7, 11) is 0. The molecule has 0 spiro atoms. The molecule has 0 unspecified atom stereocenters. The predicted molar refractivity (Wildman–Crippen MR) is 94.6 cm³/mol. The Hall–Kier alpha value is -3.21. The highest BCUT2D eigenvalue weighted by Crippen LogP contribution is 2.18. The van der Waals surface area contributed by atoms with Crippen molar-refractivity contribution in [1.29, 1.82) is 0 Å². The molecule has 0 bridgehead atoms. The lowest BCUT2D eigenvalue weighted by Crippen LogP contribution is -2.01. The molecule has 0 aliphatic rings. The molecule has 4 aromatic rings. The minimum absolute atomic E-state index is 0.442. The molecule has 0 fully saturated rings. The van der Waals surface area contributed by atoms with E-state index in [1.807, 2.05) is 36.4 Å². The third kappa shape index (κ3) is 2.96. The number of imidazole rings is 1. The SMILES string of the molecule is Nc1nc(Cc2ccccc2)nc2nc(Cc3ccccc3)[nH]c12. The lowest BCUT2D eigenvalue weighted by atomic mass is 10.1. The first-order valence-electron chi connectivity index (χ1n) is 7.87. The topological polar surface area (TPSA) is 80.5 Å². The number of aromatic amines is 1. The van der Waals surface area contributed by atoms with Crippen LogP contribution in [-0.2, 0) is 12.8 Å². The van der Waals surface area contributed by atoms with E-state index in [1.54, 1.807) is 0 Å². The maximum atomic E-state index is 6.10. The second-order valence-corrected chi connectivity index (χ2v) is 5.73. The maximum Gasteiger partial charge on any atom is 0.183 e. The fourth-order valence-corrected chi connectivity index (χ4v) is 2.74. The molecule has 5 nitrogen and oxygen atoms in total. The van der Waals surface area contributed by atoms with Crippen LogP contribution in [0, 0.1) is 0 Å². The summed E-state index contributed by atoms with van der Waals surface area (Å²) in [5.41, 5.74) is 9.76. The van der Waals surface area contributed by atoms with Crippen LogP contribution in [0.1, 0.15) is 22.8 Å². The smallest absolute Gasteiger partial charge is 0.183 e. The average Bonchev–Trinajstić information content (AvgIpc) is 3.00. The van der Waals surface area contributed by atoms with Gasteiger partial charge >= 0.3 is 0 Å². The van der Waals surface area contributed by atoms with Crippen LogP contribution >= 0.6 is 0 Å². The van der Waals surface area contributed by atoms with Gasteiger partial charge in [0, 0.05) is 12.8 Å². The van der Waals surface area contributed by atoms with Gasteiger partial charge in [-0.15, -0.1) is 0 Å². The second-order valence-electron chi connectivity index (χ2n) is 5.73. The van der Waals surface area contributed by atoms with Crippen molar-refractivity contribution in [1.82, 2.24) is 19.9 Å². The Balaban J connectivity index is 1.65. The summed E-state index contributed by atoms with van der Waals surface area (Å²) in [5, 5.41) is 0. The standard InChI is InChI=1S/C19H17N5/c20-18-17-19(23-15(21-17)11-13-7-3-1-4-8-13)24-16(22-18)12-14-9-5-2-6-10-14/h1-10H,11-12H2,(H3,20,21,22,23,24). The van der Waals surface area contributed by atoms with Crippen molar-refractivity contribution in [3.8, 4) is 0 Å². The number of nitrogens with zero attached hydrogens (tertiary/aromatic N) is 3. The Kier molecular flexibility index (Phi) is 3.67. The molecule has 24 heavy (non-hydrogen) atoms. The minimum Gasteiger partial charge on any atom is -0.382 e. The van der Waals surface area contributed by atoms with Crippen LogP contribution < -0.4 is 5.73 Å². The molecule has 0 saturated heterocycles. The highest BCUT2D eigenvalue weighted by molar-refractivity contribution is 5.81. The number of nitrogens with one attached hydrogen (secondary N) is 1. The van der Waals surface area contributed by atoms with Gasteiger partial charge in [0.25, 0.3) is 0 Å². The first kappa shape index (κ1) is 14.4. The summed E-state index contributed by atoms with van der Waals surface area (Å²) in [4.78, 5) is 16.8. The second kappa shape index (κ2) is 6.12. The van der Waals surface area contributed by atoms with E-state index >= 15 is 0 Å². The summed E-state index contributed by atoms with van der Waals surface area (Å²) in [5.74, 6) is 1.97. The van der Waals surface area contributed by atoms with Crippen LogP contribution in [0.2, 0.25) is 0 Å². The normalized spacial score (nSPS) is 11.0. The van der Waals surface area contributed by atoms with Crippen LogP contribution in [-0.4, -0.2) is 19.9 Å². The molecule has 0 aliphatic heterocycles. The Morgan fingerprint density at radius 3 is 2.04 bits per heavy atom. The zero-order chi connectivity index (χ0) is 16.4. The molecule has 2 heterocycles. The zero-order valence-corrected chi connectivity index (χ0v) is 13.1. The van der Waals surface area contributed by atoms with Gasteiger partial charge in [-0.05, 0) is 11.1 Å². The summed E-state index contributed by atoms with van der Waals surface area (Å²) >= 11 is 0. The van der Waals surface area contributed by atoms with Crippen molar-refractivity contribution in [2.45, 2.75) is 12.8 Å². The number of fused-ring (bicyclic) bond motifs is 1. The lowest BCUT2D eigenvalue weighted by molar-refractivity contribution is 0.988. The molecule has 118 valence electrons. The zero-order valence-electron chi connectivity index (χ0n) is 13.1. The molecule has 0 saturated carbocycles. The molecular weight excluding hydrogens is 298 g/mol. The highest BCUT2D eigenvalue weighted by atomic mass is 15.1. The quantitative estimate of drug-likeness (QED) is 0.606. The molecule has 2 aromatic carbocycles. The van der Waals surface area contributed by atoms with E-state index in [2.05, 4.69) is 44.2 Å². The number of hydrogen-bond acceptors (Lipinski definition) is 4. The van der Waals surface area contributed by atoms with Gasteiger partial charge in [0.05, 0.1) is 0 Å². The van der Waals surface area contributed by atoms with Crippen molar-refractivity contribution in [3.05, 3.63) is 83.4 Å². The molecule has 0 amide bonds. The third-order valence-corrected chi connectivity index (χ3v) is 3.89. The summed E-state index contributed by atoms with van der Waals surface area (Å²) in [6.45, 7) is 0. The van der Waals surface area contributed by atoms with Gasteiger partial charge in [0.15, 0.2) is 11.5 Å². The first-order chi connectivity index (χ1) is 11.8. The van der Waals surface area contributed by atoms with Gasteiger partial charge < -0.3 is 10.7 Å². The number of rotatable bonds is 4. The Morgan fingerprint density at radius 2 is 1.38 bits per heavy atom. The van der Waals surface area contributed by atoms with E-state index in [9.17, 15) is 0 Å². The number of anilines is 1. The molecule has 3 N–H and O–H groups in total. The van der Waals surface area contributed by atoms with Crippen molar-refractivity contribution in [3.63, 3.8) is 0 Å². The van der Waals surface area contributed by atoms with E-state index in [0.717, 1.165) is 11.4 Å². The van der Waals surface area contributed by atoms with E-state index in [-0.39, 0.29) is 0 Å². The number of nitrogens with two attached hydrogens (primary N) is 1. The van der Waals surface area contributed by atoms with Crippen molar-refractivity contribution >= 4 is 17.0 Å². The maximum absolute atomic E-state index is 6.10. The van der Waals surface area contributed by atoms with Crippen LogP contribution in [0.5, 0.6) is 0 Å². The minimum atomic E-state index is 0.442. The molecule has 0 radical (unpaired) electrons. The van der Waals surface area contributed by atoms with E-state index in [4.69, 9.17) is 5.73 Å². The number of aromatic nitrogens is 4. The van der Waals surface area contributed by atoms with Crippen LogP contribution in [0.3, 0.4) is 0 Å². The Labute approximate surface area is 139 Å². The molecule has 4 rings (SSSR count). The average molecular weight is 315 g/mol. The van der Waals surface area contributed by atoms with E-state index in [0.29, 0.717) is 35.6 Å². The monoisotopic (exact) mass is 315 g/mol. The molecule has 5 heteroatoms. The van der Waals surface area contributed by atoms with Gasteiger partial charge in [-0.2, -0.15) is 0 Å². The Morgan fingerprint density at radius 1 is 0.750 bits per heavy atom.